The van der Waals surface area contributed by atoms with Crippen LogP contribution in [0.1, 0.15) is 37.9 Å². The average Bonchev–Trinajstić information content (AvgIpc) is 2.43. The van der Waals surface area contributed by atoms with E-state index in [-0.39, 0.29) is 0 Å². The van der Waals surface area contributed by atoms with Crippen LogP contribution in [0.25, 0.3) is 0 Å². The van der Waals surface area contributed by atoms with Crippen LogP contribution < -0.4 is 10.1 Å². The third-order valence-corrected chi connectivity index (χ3v) is 3.03. The van der Waals surface area contributed by atoms with E-state index in [0.717, 1.165) is 57.1 Å². The topological polar surface area (TPSA) is 37.4 Å². The van der Waals surface area contributed by atoms with E-state index >= 15 is 0 Å². The first-order chi connectivity index (χ1) is 9.65. The molecule has 1 rings (SSSR count). The Balaban J connectivity index is 2.53. The average molecular weight is 279 g/mol. The molecule has 0 fully saturated rings. The first kappa shape index (κ1) is 16.9. The smallest absolute Gasteiger partial charge is 0.213 e. The summed E-state index contributed by atoms with van der Waals surface area (Å²) in [7, 11) is 4.15. The van der Waals surface area contributed by atoms with E-state index in [0.29, 0.717) is 0 Å². The van der Waals surface area contributed by atoms with Crippen LogP contribution in [0.4, 0.5) is 0 Å². The van der Waals surface area contributed by atoms with E-state index in [1.165, 1.54) is 5.56 Å². The van der Waals surface area contributed by atoms with Crippen molar-refractivity contribution < 1.29 is 4.74 Å². The largest absolute Gasteiger partial charge is 0.478 e. The molecule has 20 heavy (non-hydrogen) atoms. The van der Waals surface area contributed by atoms with Gasteiger partial charge in [0.05, 0.1) is 6.61 Å². The van der Waals surface area contributed by atoms with E-state index in [2.05, 4.69) is 55.3 Å². The van der Waals surface area contributed by atoms with Gasteiger partial charge >= 0.3 is 0 Å². The van der Waals surface area contributed by atoms with E-state index in [9.17, 15) is 0 Å². The van der Waals surface area contributed by atoms with Crippen molar-refractivity contribution >= 4 is 0 Å². The van der Waals surface area contributed by atoms with Crippen molar-refractivity contribution in [3.63, 3.8) is 0 Å². The molecule has 0 aliphatic rings. The fraction of sp³-hybridized carbons (Fsp3) is 0.688. The third kappa shape index (κ3) is 6.87. The van der Waals surface area contributed by atoms with Crippen LogP contribution in [-0.2, 0) is 13.0 Å². The van der Waals surface area contributed by atoms with Gasteiger partial charge in [0.2, 0.25) is 5.88 Å². The van der Waals surface area contributed by atoms with Crippen molar-refractivity contribution in [1.29, 1.82) is 0 Å². The SMILES string of the molecule is CCCNCc1cc(CC)nc(OCCCN(C)C)c1. The van der Waals surface area contributed by atoms with Crippen LogP contribution in [-0.4, -0.2) is 43.7 Å². The van der Waals surface area contributed by atoms with Crippen LogP contribution in [0.5, 0.6) is 5.88 Å². The molecule has 0 radical (unpaired) electrons. The molecule has 0 aliphatic heterocycles. The maximum absolute atomic E-state index is 5.78. The number of nitrogens with zero attached hydrogens (tertiary/aromatic N) is 2. The molecule has 0 saturated heterocycles. The second kappa shape index (κ2) is 9.72. The zero-order valence-electron chi connectivity index (χ0n) is 13.4. The van der Waals surface area contributed by atoms with Gasteiger partial charge in [-0.15, -0.1) is 0 Å². The lowest BCUT2D eigenvalue weighted by molar-refractivity contribution is 0.272. The number of hydrogen-bond acceptors (Lipinski definition) is 4. The highest BCUT2D eigenvalue weighted by Crippen LogP contribution is 2.13. The standard InChI is InChI=1S/C16H29N3O/c1-5-8-17-13-14-11-15(6-2)18-16(12-14)20-10-7-9-19(3)4/h11-12,17H,5-10,13H2,1-4H3. The van der Waals surface area contributed by atoms with E-state index in [1.807, 2.05) is 0 Å². The molecule has 1 aromatic rings. The number of rotatable bonds is 10. The van der Waals surface area contributed by atoms with Crippen molar-refractivity contribution in [2.75, 3.05) is 33.8 Å². The highest BCUT2D eigenvalue weighted by molar-refractivity contribution is 5.25. The molecule has 0 aromatic carbocycles. The summed E-state index contributed by atoms with van der Waals surface area (Å²) in [5.41, 5.74) is 2.36. The number of pyridine rings is 1. The second-order valence-electron chi connectivity index (χ2n) is 5.34. The van der Waals surface area contributed by atoms with E-state index < -0.39 is 0 Å². The highest BCUT2D eigenvalue weighted by Gasteiger charge is 2.03. The number of aryl methyl sites for hydroxylation is 1. The Morgan fingerprint density at radius 3 is 2.70 bits per heavy atom. The van der Waals surface area contributed by atoms with Gasteiger partial charge in [-0.1, -0.05) is 13.8 Å². The molecule has 0 saturated carbocycles. The lowest BCUT2D eigenvalue weighted by Gasteiger charge is -2.12. The van der Waals surface area contributed by atoms with Gasteiger partial charge in [-0.05, 0) is 51.5 Å². The van der Waals surface area contributed by atoms with Gasteiger partial charge < -0.3 is 15.0 Å². The molecule has 0 atom stereocenters. The Morgan fingerprint density at radius 2 is 2.05 bits per heavy atom. The fourth-order valence-corrected chi connectivity index (χ4v) is 1.94. The quantitative estimate of drug-likeness (QED) is 0.668. The van der Waals surface area contributed by atoms with Crippen molar-refractivity contribution in [1.82, 2.24) is 15.2 Å². The van der Waals surface area contributed by atoms with Gasteiger partial charge in [-0.2, -0.15) is 0 Å². The van der Waals surface area contributed by atoms with Gasteiger partial charge in [0.15, 0.2) is 0 Å². The Bertz CT molecular complexity index is 380. The van der Waals surface area contributed by atoms with Crippen LogP contribution in [0.2, 0.25) is 0 Å². The molecule has 0 bridgehead atoms. The zero-order valence-corrected chi connectivity index (χ0v) is 13.4. The normalized spacial score (nSPS) is 11.1. The number of ether oxygens (including phenoxy) is 1. The molecule has 4 heteroatoms. The van der Waals surface area contributed by atoms with Gasteiger partial charge in [0.1, 0.15) is 0 Å². The first-order valence-corrected chi connectivity index (χ1v) is 7.63. The maximum Gasteiger partial charge on any atom is 0.213 e. The summed E-state index contributed by atoms with van der Waals surface area (Å²) < 4.78 is 5.78. The zero-order chi connectivity index (χ0) is 14.8. The van der Waals surface area contributed by atoms with Crippen LogP contribution in [0, 0.1) is 0 Å². The molecule has 0 unspecified atom stereocenters. The number of aromatic nitrogens is 1. The minimum atomic E-state index is 0.722. The molecule has 1 N–H and O–H groups in total. The van der Waals surface area contributed by atoms with Gasteiger partial charge in [0, 0.05) is 24.8 Å². The monoisotopic (exact) mass is 279 g/mol. The lowest BCUT2D eigenvalue weighted by atomic mass is 10.2. The van der Waals surface area contributed by atoms with Crippen LogP contribution in [0.15, 0.2) is 12.1 Å². The lowest BCUT2D eigenvalue weighted by Crippen LogP contribution is -2.16. The predicted molar refractivity (Wildman–Crippen MR) is 84.3 cm³/mol. The second-order valence-corrected chi connectivity index (χ2v) is 5.34. The van der Waals surface area contributed by atoms with Crippen molar-refractivity contribution in [2.24, 2.45) is 0 Å². The molecule has 0 spiro atoms. The van der Waals surface area contributed by atoms with Gasteiger partial charge in [-0.3, -0.25) is 0 Å². The minimum Gasteiger partial charge on any atom is -0.478 e. The molecular formula is C16H29N3O. The summed E-state index contributed by atoms with van der Waals surface area (Å²) in [4.78, 5) is 6.70. The summed E-state index contributed by atoms with van der Waals surface area (Å²) in [6.45, 7) is 8.00. The first-order valence-electron chi connectivity index (χ1n) is 7.63. The summed E-state index contributed by atoms with van der Waals surface area (Å²) in [5, 5.41) is 3.42. The molecule has 1 heterocycles. The van der Waals surface area contributed by atoms with Crippen LogP contribution >= 0.6 is 0 Å². The van der Waals surface area contributed by atoms with Crippen molar-refractivity contribution in [2.45, 2.75) is 39.7 Å². The van der Waals surface area contributed by atoms with E-state index in [1.54, 1.807) is 0 Å². The van der Waals surface area contributed by atoms with Crippen molar-refractivity contribution in [3.8, 4) is 5.88 Å². The molecule has 4 nitrogen and oxygen atoms in total. The Hall–Kier alpha value is -1.13. The molecule has 1 aromatic heterocycles. The Labute approximate surface area is 123 Å². The number of hydrogen-bond donors (Lipinski definition) is 1. The van der Waals surface area contributed by atoms with Crippen LogP contribution in [0.3, 0.4) is 0 Å². The molecule has 0 amide bonds. The number of nitrogens with one attached hydrogen (secondary N) is 1. The minimum absolute atomic E-state index is 0.722. The molecule has 114 valence electrons. The van der Waals surface area contributed by atoms with Crippen molar-refractivity contribution in [3.05, 3.63) is 23.4 Å². The predicted octanol–water partition coefficient (Wildman–Crippen LogP) is 2.47. The summed E-state index contributed by atoms with van der Waals surface area (Å²) in [6, 6.07) is 4.22. The Kier molecular flexibility index (Phi) is 8.23. The summed E-state index contributed by atoms with van der Waals surface area (Å²) in [6.07, 6.45) is 3.11. The molecular weight excluding hydrogens is 250 g/mol. The van der Waals surface area contributed by atoms with Gasteiger partial charge in [-0.25, -0.2) is 4.98 Å². The summed E-state index contributed by atoms with van der Waals surface area (Å²) >= 11 is 0. The summed E-state index contributed by atoms with van der Waals surface area (Å²) in [5.74, 6) is 0.761. The third-order valence-electron chi connectivity index (χ3n) is 3.03. The fourth-order valence-electron chi connectivity index (χ4n) is 1.94. The maximum atomic E-state index is 5.78. The van der Waals surface area contributed by atoms with Gasteiger partial charge in [0.25, 0.3) is 0 Å². The van der Waals surface area contributed by atoms with E-state index in [4.69, 9.17) is 4.74 Å². The molecule has 0 aliphatic carbocycles. The highest BCUT2D eigenvalue weighted by atomic mass is 16.5. The Morgan fingerprint density at radius 1 is 1.25 bits per heavy atom.